The molecule has 23 heavy (non-hydrogen) atoms. The number of carbonyl (C=O) groups is 1. The lowest BCUT2D eigenvalue weighted by Gasteiger charge is -2.00. The molecule has 0 spiro atoms. The predicted octanol–water partition coefficient (Wildman–Crippen LogP) is 5.00. The minimum atomic E-state index is 0.182. The van der Waals surface area contributed by atoms with Gasteiger partial charge in [0.15, 0.2) is 0 Å². The molecule has 2 heterocycles. The summed E-state index contributed by atoms with van der Waals surface area (Å²) in [5.41, 5.74) is 2.96. The Kier molecular flexibility index (Phi) is 5.04. The standard InChI is InChI=1S/C17H15BrN2OS2/c1-10-17(23-11(2)19-10)15-9-22-16(20-15)8-14(21)7-12-4-3-5-13(18)6-12/h3-6,9H,7-8H2,1-2H3. The second-order valence-corrected chi connectivity index (χ2v) is 8.36. The molecule has 0 unspecified atom stereocenters. The van der Waals surface area contributed by atoms with Crippen LogP contribution in [0.25, 0.3) is 10.6 Å². The molecule has 0 N–H and O–H groups in total. The SMILES string of the molecule is Cc1nc(C)c(-c2csc(CC(=O)Cc3cccc(Br)c3)n2)s1. The summed E-state index contributed by atoms with van der Waals surface area (Å²) in [6.07, 6.45) is 0.820. The van der Waals surface area contributed by atoms with Crippen LogP contribution < -0.4 is 0 Å². The molecule has 1 aromatic carbocycles. The average molecular weight is 407 g/mol. The van der Waals surface area contributed by atoms with E-state index < -0.39 is 0 Å². The summed E-state index contributed by atoms with van der Waals surface area (Å²) in [6.45, 7) is 3.99. The van der Waals surface area contributed by atoms with Crippen molar-refractivity contribution in [2.24, 2.45) is 0 Å². The first-order valence-electron chi connectivity index (χ1n) is 7.16. The van der Waals surface area contributed by atoms with E-state index in [-0.39, 0.29) is 5.78 Å². The van der Waals surface area contributed by atoms with Crippen molar-refractivity contribution >= 4 is 44.4 Å². The van der Waals surface area contributed by atoms with Crippen molar-refractivity contribution < 1.29 is 4.79 Å². The van der Waals surface area contributed by atoms with Gasteiger partial charge < -0.3 is 0 Å². The van der Waals surface area contributed by atoms with Gasteiger partial charge in [-0.2, -0.15) is 0 Å². The molecular weight excluding hydrogens is 392 g/mol. The lowest BCUT2D eigenvalue weighted by atomic mass is 10.1. The first kappa shape index (κ1) is 16.5. The third-order valence-electron chi connectivity index (χ3n) is 3.33. The number of Topliss-reactive ketones (excluding diaryl/α,β-unsaturated/α-hetero) is 1. The highest BCUT2D eigenvalue weighted by Gasteiger charge is 2.13. The lowest BCUT2D eigenvalue weighted by molar-refractivity contribution is -0.117. The Labute approximate surface area is 151 Å². The first-order chi connectivity index (χ1) is 11.0. The van der Waals surface area contributed by atoms with Gasteiger partial charge in [0.05, 0.1) is 27.7 Å². The second-order valence-electron chi connectivity index (χ2n) is 5.30. The third kappa shape index (κ3) is 4.13. The van der Waals surface area contributed by atoms with Gasteiger partial charge in [-0.15, -0.1) is 22.7 Å². The Hall–Kier alpha value is -1.37. The largest absolute Gasteiger partial charge is 0.299 e. The van der Waals surface area contributed by atoms with E-state index in [9.17, 15) is 4.79 Å². The molecule has 0 aliphatic heterocycles. The maximum Gasteiger partial charge on any atom is 0.144 e. The van der Waals surface area contributed by atoms with Gasteiger partial charge in [-0.3, -0.25) is 4.79 Å². The van der Waals surface area contributed by atoms with Crippen molar-refractivity contribution in [3.8, 4) is 10.6 Å². The summed E-state index contributed by atoms with van der Waals surface area (Å²) >= 11 is 6.62. The quantitative estimate of drug-likeness (QED) is 0.598. The minimum absolute atomic E-state index is 0.182. The first-order valence-corrected chi connectivity index (χ1v) is 9.65. The summed E-state index contributed by atoms with van der Waals surface area (Å²) in [7, 11) is 0. The Bertz CT molecular complexity index is 854. The number of rotatable bonds is 5. The van der Waals surface area contributed by atoms with E-state index in [2.05, 4.69) is 25.9 Å². The van der Waals surface area contributed by atoms with E-state index in [0.29, 0.717) is 12.8 Å². The van der Waals surface area contributed by atoms with Crippen LogP contribution in [-0.4, -0.2) is 15.8 Å². The van der Waals surface area contributed by atoms with Gasteiger partial charge in [0.25, 0.3) is 0 Å². The van der Waals surface area contributed by atoms with Crippen LogP contribution in [0, 0.1) is 13.8 Å². The van der Waals surface area contributed by atoms with Gasteiger partial charge in [-0.25, -0.2) is 9.97 Å². The molecular formula is C17H15BrN2OS2. The minimum Gasteiger partial charge on any atom is -0.299 e. The summed E-state index contributed by atoms with van der Waals surface area (Å²) in [5.74, 6) is 0.182. The normalized spacial score (nSPS) is 10.9. The van der Waals surface area contributed by atoms with Crippen molar-refractivity contribution in [3.63, 3.8) is 0 Å². The van der Waals surface area contributed by atoms with Crippen LogP contribution in [0.1, 0.15) is 21.3 Å². The fraction of sp³-hybridized carbons (Fsp3) is 0.235. The zero-order valence-electron chi connectivity index (χ0n) is 12.8. The predicted molar refractivity (Wildman–Crippen MR) is 99.3 cm³/mol. The fourth-order valence-corrected chi connectivity index (χ4v) is 4.59. The highest BCUT2D eigenvalue weighted by Crippen LogP contribution is 2.30. The zero-order chi connectivity index (χ0) is 16.4. The van der Waals surface area contributed by atoms with Crippen molar-refractivity contribution in [2.75, 3.05) is 0 Å². The van der Waals surface area contributed by atoms with Crippen LogP contribution in [0.5, 0.6) is 0 Å². The van der Waals surface area contributed by atoms with Gasteiger partial charge >= 0.3 is 0 Å². The zero-order valence-corrected chi connectivity index (χ0v) is 16.0. The Morgan fingerprint density at radius 2 is 2.04 bits per heavy atom. The van der Waals surface area contributed by atoms with E-state index in [0.717, 1.165) is 36.3 Å². The van der Waals surface area contributed by atoms with Gasteiger partial charge in [-0.05, 0) is 31.5 Å². The highest BCUT2D eigenvalue weighted by molar-refractivity contribution is 9.10. The number of aromatic nitrogens is 2. The van der Waals surface area contributed by atoms with Crippen LogP contribution in [-0.2, 0) is 17.6 Å². The van der Waals surface area contributed by atoms with Crippen molar-refractivity contribution in [1.29, 1.82) is 0 Å². The van der Waals surface area contributed by atoms with Crippen LogP contribution in [0.2, 0.25) is 0 Å². The molecule has 3 rings (SSSR count). The van der Waals surface area contributed by atoms with Crippen molar-refractivity contribution in [3.05, 3.63) is 55.4 Å². The van der Waals surface area contributed by atoms with Crippen LogP contribution >= 0.6 is 38.6 Å². The molecule has 0 fully saturated rings. The Morgan fingerprint density at radius 3 is 2.74 bits per heavy atom. The van der Waals surface area contributed by atoms with Gasteiger partial charge in [0.2, 0.25) is 0 Å². The van der Waals surface area contributed by atoms with Gasteiger partial charge in [0.1, 0.15) is 10.8 Å². The monoisotopic (exact) mass is 406 g/mol. The summed E-state index contributed by atoms with van der Waals surface area (Å²) < 4.78 is 0.996. The number of aryl methyl sites for hydroxylation is 2. The number of benzene rings is 1. The molecule has 0 amide bonds. The molecule has 2 aromatic heterocycles. The van der Waals surface area contributed by atoms with E-state index in [1.165, 1.54) is 0 Å². The van der Waals surface area contributed by atoms with Crippen molar-refractivity contribution in [2.45, 2.75) is 26.7 Å². The summed E-state index contributed by atoms with van der Waals surface area (Å²) in [5, 5.41) is 3.92. The fourth-order valence-electron chi connectivity index (χ4n) is 2.37. The lowest BCUT2D eigenvalue weighted by Crippen LogP contribution is -2.06. The molecule has 6 heteroatoms. The van der Waals surface area contributed by atoms with E-state index >= 15 is 0 Å². The van der Waals surface area contributed by atoms with Gasteiger partial charge in [-0.1, -0.05) is 28.1 Å². The summed E-state index contributed by atoms with van der Waals surface area (Å²) in [4.78, 5) is 22.4. The number of hydrogen-bond acceptors (Lipinski definition) is 5. The van der Waals surface area contributed by atoms with Crippen LogP contribution in [0.15, 0.2) is 34.1 Å². The molecule has 0 saturated heterocycles. The Balaban J connectivity index is 1.69. The van der Waals surface area contributed by atoms with E-state index in [1.807, 2.05) is 43.5 Å². The third-order valence-corrected chi connectivity index (χ3v) is 5.76. The highest BCUT2D eigenvalue weighted by atomic mass is 79.9. The smallest absolute Gasteiger partial charge is 0.144 e. The van der Waals surface area contributed by atoms with E-state index in [1.54, 1.807) is 22.7 Å². The molecule has 0 aliphatic rings. The topological polar surface area (TPSA) is 42.9 Å². The molecule has 0 aliphatic carbocycles. The molecule has 0 bridgehead atoms. The molecule has 0 atom stereocenters. The number of ketones is 1. The van der Waals surface area contributed by atoms with Crippen molar-refractivity contribution in [1.82, 2.24) is 9.97 Å². The second kappa shape index (κ2) is 7.03. The van der Waals surface area contributed by atoms with Crippen LogP contribution in [0.3, 0.4) is 0 Å². The molecule has 3 nitrogen and oxygen atoms in total. The number of carbonyl (C=O) groups excluding carboxylic acids is 1. The van der Waals surface area contributed by atoms with Crippen LogP contribution in [0.4, 0.5) is 0 Å². The number of nitrogens with zero attached hydrogens (tertiary/aromatic N) is 2. The average Bonchev–Trinajstić information content (AvgIpc) is 3.05. The number of halogens is 1. The maximum absolute atomic E-state index is 12.3. The summed E-state index contributed by atoms with van der Waals surface area (Å²) in [6, 6.07) is 7.86. The number of hydrogen-bond donors (Lipinski definition) is 0. The number of thiazole rings is 2. The Morgan fingerprint density at radius 1 is 1.22 bits per heavy atom. The maximum atomic E-state index is 12.3. The molecule has 0 radical (unpaired) electrons. The van der Waals surface area contributed by atoms with E-state index in [4.69, 9.17) is 0 Å². The molecule has 0 saturated carbocycles. The van der Waals surface area contributed by atoms with Gasteiger partial charge in [0, 0.05) is 16.3 Å². The molecule has 3 aromatic rings. The molecule has 118 valence electrons.